The van der Waals surface area contributed by atoms with Crippen LogP contribution in [0.4, 0.5) is 11.4 Å². The highest BCUT2D eigenvalue weighted by Crippen LogP contribution is 2.28. The first-order chi connectivity index (χ1) is 5.66. The molecule has 0 spiro atoms. The monoisotopic (exact) mass is 169 g/mol. The van der Waals surface area contributed by atoms with Crippen molar-refractivity contribution in [3.63, 3.8) is 0 Å². The predicted octanol–water partition coefficient (Wildman–Crippen LogP) is 0.581. The molecule has 0 saturated heterocycles. The molecule has 0 amide bonds. The summed E-state index contributed by atoms with van der Waals surface area (Å²) in [6.07, 6.45) is 2.40. The lowest BCUT2D eigenvalue weighted by atomic mass is 10.3. The quantitative estimate of drug-likeness (QED) is 0.516. The van der Waals surface area contributed by atoms with Crippen LogP contribution in [0.2, 0.25) is 0 Å². The summed E-state index contributed by atoms with van der Waals surface area (Å²) in [5, 5.41) is 10.3. The molecule has 1 aromatic heterocycles. The highest BCUT2D eigenvalue weighted by atomic mass is 16.6. The summed E-state index contributed by atoms with van der Waals surface area (Å²) in [7, 11) is 1.37. The number of nitro groups is 1. The van der Waals surface area contributed by atoms with Gasteiger partial charge in [-0.1, -0.05) is 0 Å². The highest BCUT2D eigenvalue weighted by molar-refractivity contribution is 5.64. The van der Waals surface area contributed by atoms with Gasteiger partial charge in [-0.15, -0.1) is 0 Å². The van der Waals surface area contributed by atoms with Gasteiger partial charge in [0.25, 0.3) is 0 Å². The fourth-order valence-corrected chi connectivity index (χ4v) is 0.749. The molecule has 0 unspecified atom stereocenters. The van der Waals surface area contributed by atoms with E-state index in [-0.39, 0.29) is 17.1 Å². The normalized spacial score (nSPS) is 9.42. The van der Waals surface area contributed by atoms with Crippen LogP contribution in [0.25, 0.3) is 0 Å². The Morgan fingerprint density at radius 2 is 2.33 bits per heavy atom. The molecule has 1 aromatic rings. The van der Waals surface area contributed by atoms with Crippen molar-refractivity contribution in [2.45, 2.75) is 0 Å². The van der Waals surface area contributed by atoms with Gasteiger partial charge in [-0.25, -0.2) is 0 Å². The standard InChI is InChI=1S/C6H7N3O3/c1-12-5-3-8-2-4(6(5)7)9(10)11/h2-3H,1H3,(H2,7,8). The summed E-state index contributed by atoms with van der Waals surface area (Å²) < 4.78 is 4.74. The fraction of sp³-hybridized carbons (Fsp3) is 0.167. The van der Waals surface area contributed by atoms with Gasteiger partial charge >= 0.3 is 5.69 Å². The second-order valence-electron chi connectivity index (χ2n) is 2.03. The predicted molar refractivity (Wildman–Crippen MR) is 41.9 cm³/mol. The molecule has 2 N–H and O–H groups in total. The third-order valence-corrected chi connectivity index (χ3v) is 1.35. The Hall–Kier alpha value is -1.85. The minimum Gasteiger partial charge on any atom is -0.493 e. The van der Waals surface area contributed by atoms with Crippen molar-refractivity contribution in [1.82, 2.24) is 4.98 Å². The van der Waals surface area contributed by atoms with Crippen LogP contribution in [0.3, 0.4) is 0 Å². The number of nitrogen functional groups attached to an aromatic ring is 1. The van der Waals surface area contributed by atoms with E-state index in [4.69, 9.17) is 10.5 Å². The third-order valence-electron chi connectivity index (χ3n) is 1.35. The third kappa shape index (κ3) is 1.26. The Morgan fingerprint density at radius 3 is 2.83 bits per heavy atom. The minimum absolute atomic E-state index is 0.00231. The second-order valence-corrected chi connectivity index (χ2v) is 2.03. The molecule has 0 atom stereocenters. The Balaban J connectivity index is 3.23. The average Bonchev–Trinajstić information content (AvgIpc) is 2.04. The van der Waals surface area contributed by atoms with E-state index in [2.05, 4.69) is 4.98 Å². The highest BCUT2D eigenvalue weighted by Gasteiger charge is 2.15. The molecule has 0 radical (unpaired) electrons. The van der Waals surface area contributed by atoms with E-state index in [1.165, 1.54) is 13.3 Å². The number of ether oxygens (including phenoxy) is 1. The van der Waals surface area contributed by atoms with E-state index in [1.807, 2.05) is 0 Å². The molecule has 64 valence electrons. The van der Waals surface area contributed by atoms with Crippen molar-refractivity contribution in [3.8, 4) is 5.75 Å². The van der Waals surface area contributed by atoms with Crippen molar-refractivity contribution in [2.75, 3.05) is 12.8 Å². The molecular weight excluding hydrogens is 162 g/mol. The Morgan fingerprint density at radius 1 is 1.67 bits per heavy atom. The zero-order chi connectivity index (χ0) is 9.14. The first-order valence-corrected chi connectivity index (χ1v) is 3.08. The molecule has 1 rings (SSSR count). The Labute approximate surface area is 68.1 Å². The van der Waals surface area contributed by atoms with E-state index in [1.54, 1.807) is 0 Å². The number of anilines is 1. The van der Waals surface area contributed by atoms with Crippen molar-refractivity contribution in [1.29, 1.82) is 0 Å². The minimum atomic E-state index is -0.606. The first-order valence-electron chi connectivity index (χ1n) is 3.08. The zero-order valence-electron chi connectivity index (χ0n) is 6.35. The molecule has 0 fully saturated rings. The molecule has 6 heteroatoms. The molecule has 12 heavy (non-hydrogen) atoms. The van der Waals surface area contributed by atoms with E-state index >= 15 is 0 Å². The van der Waals surface area contributed by atoms with Gasteiger partial charge in [0.1, 0.15) is 6.20 Å². The Bertz CT molecular complexity index is 313. The van der Waals surface area contributed by atoms with Crippen LogP contribution in [0.5, 0.6) is 5.75 Å². The van der Waals surface area contributed by atoms with Crippen molar-refractivity contribution >= 4 is 11.4 Å². The van der Waals surface area contributed by atoms with Gasteiger partial charge in [-0.3, -0.25) is 15.1 Å². The zero-order valence-corrected chi connectivity index (χ0v) is 6.35. The summed E-state index contributed by atoms with van der Waals surface area (Å²) in [6.45, 7) is 0. The molecule has 0 aliphatic rings. The number of rotatable bonds is 2. The molecule has 0 aliphatic heterocycles. The maximum absolute atomic E-state index is 10.3. The van der Waals surface area contributed by atoms with E-state index in [9.17, 15) is 10.1 Å². The van der Waals surface area contributed by atoms with Gasteiger partial charge in [0.15, 0.2) is 11.4 Å². The number of hydrogen-bond donors (Lipinski definition) is 1. The number of pyridine rings is 1. The molecule has 1 heterocycles. The van der Waals surface area contributed by atoms with Crippen LogP contribution < -0.4 is 10.5 Å². The largest absolute Gasteiger partial charge is 0.493 e. The summed E-state index contributed by atoms with van der Waals surface area (Å²) >= 11 is 0. The number of nitrogens with zero attached hydrogens (tertiary/aromatic N) is 2. The van der Waals surface area contributed by atoms with Crippen LogP contribution in [0.1, 0.15) is 0 Å². The van der Waals surface area contributed by atoms with Gasteiger partial charge in [0.05, 0.1) is 18.2 Å². The van der Waals surface area contributed by atoms with Crippen LogP contribution in [-0.4, -0.2) is 17.0 Å². The lowest BCUT2D eigenvalue weighted by Gasteiger charge is -2.01. The van der Waals surface area contributed by atoms with Crippen LogP contribution >= 0.6 is 0 Å². The second kappa shape index (κ2) is 3.04. The van der Waals surface area contributed by atoms with Gasteiger partial charge in [-0.05, 0) is 0 Å². The van der Waals surface area contributed by atoms with Crippen LogP contribution in [-0.2, 0) is 0 Å². The fourth-order valence-electron chi connectivity index (χ4n) is 0.749. The number of methoxy groups -OCH3 is 1. The van der Waals surface area contributed by atoms with Crippen molar-refractivity contribution in [2.24, 2.45) is 0 Å². The van der Waals surface area contributed by atoms with Gasteiger partial charge in [0, 0.05) is 0 Å². The lowest BCUT2D eigenvalue weighted by Crippen LogP contribution is -1.99. The summed E-state index contributed by atoms with van der Waals surface area (Å²) in [5.74, 6) is 0.212. The number of nitrogens with two attached hydrogens (primary N) is 1. The number of aromatic nitrogens is 1. The maximum atomic E-state index is 10.3. The van der Waals surface area contributed by atoms with Crippen LogP contribution in [0.15, 0.2) is 12.4 Å². The van der Waals surface area contributed by atoms with Crippen molar-refractivity contribution < 1.29 is 9.66 Å². The van der Waals surface area contributed by atoms with E-state index in [0.29, 0.717) is 0 Å². The van der Waals surface area contributed by atoms with Crippen molar-refractivity contribution in [3.05, 3.63) is 22.5 Å². The average molecular weight is 169 g/mol. The van der Waals surface area contributed by atoms with Gasteiger partial charge in [0.2, 0.25) is 0 Å². The molecule has 6 nitrogen and oxygen atoms in total. The molecule has 0 bridgehead atoms. The van der Waals surface area contributed by atoms with E-state index < -0.39 is 4.92 Å². The van der Waals surface area contributed by atoms with Gasteiger partial charge in [-0.2, -0.15) is 0 Å². The lowest BCUT2D eigenvalue weighted by molar-refractivity contribution is -0.384. The van der Waals surface area contributed by atoms with Gasteiger partial charge < -0.3 is 10.5 Å². The first kappa shape index (κ1) is 8.25. The molecule has 0 aliphatic carbocycles. The number of hydrogen-bond acceptors (Lipinski definition) is 5. The molecular formula is C6H7N3O3. The summed E-state index contributed by atoms with van der Waals surface area (Å²) in [4.78, 5) is 13.3. The molecule has 0 saturated carbocycles. The topological polar surface area (TPSA) is 91.3 Å². The Kier molecular flexibility index (Phi) is 2.09. The SMILES string of the molecule is COc1cncc([N+](=O)[O-])c1N. The van der Waals surface area contributed by atoms with Crippen LogP contribution in [0, 0.1) is 10.1 Å². The summed E-state index contributed by atoms with van der Waals surface area (Å²) in [5.41, 5.74) is 5.14. The maximum Gasteiger partial charge on any atom is 0.314 e. The summed E-state index contributed by atoms with van der Waals surface area (Å²) in [6, 6.07) is 0. The smallest absolute Gasteiger partial charge is 0.314 e. The van der Waals surface area contributed by atoms with E-state index in [0.717, 1.165) is 6.20 Å². The molecule has 0 aromatic carbocycles.